The van der Waals surface area contributed by atoms with E-state index in [9.17, 15) is 5.11 Å². The molecule has 5 heteroatoms. The summed E-state index contributed by atoms with van der Waals surface area (Å²) in [5.74, 6) is 0.710. The van der Waals surface area contributed by atoms with Gasteiger partial charge < -0.3 is 5.11 Å². The molecule has 50 heavy (non-hydrogen) atoms. The van der Waals surface area contributed by atoms with Crippen LogP contribution in [0.5, 0.6) is 5.75 Å². The summed E-state index contributed by atoms with van der Waals surface area (Å²) in [7, 11) is 0. The van der Waals surface area contributed by atoms with E-state index in [0.29, 0.717) is 22.6 Å². The van der Waals surface area contributed by atoms with Crippen molar-refractivity contribution in [1.29, 1.82) is 0 Å². The van der Waals surface area contributed by atoms with Gasteiger partial charge >= 0.3 is 0 Å². The number of imidazole rings is 1. The molecule has 7 aromatic rings. The Balaban J connectivity index is 1.57. The molecule has 0 amide bonds. The molecule has 0 radical (unpaired) electrons. The van der Waals surface area contributed by atoms with Crippen LogP contribution < -0.4 is 0 Å². The first kappa shape index (κ1) is 32.6. The topological polar surface area (TPSA) is 55.3 Å². The predicted octanol–water partition coefficient (Wildman–Crippen LogP) is 11.9. The lowest BCUT2D eigenvalue weighted by Crippen LogP contribution is -2.18. The standard InChI is InChI=1S/C45H40N4O/c1-44(2,3)36-28-35(42(50)39(41(36)46-7)45(4,5)6)43-48-40-34(21-16-23-38(40)49(43)33-19-12-9-13-20-33)31-25-30(29-17-10-8-11-18-29)26-32(27-31)37-22-14-15-24-47-37/h8-28,50H,1-6H3. The first-order chi connectivity index (χ1) is 24.0. The zero-order chi connectivity index (χ0) is 35.2. The summed E-state index contributed by atoms with van der Waals surface area (Å²) in [5.41, 5.74) is 10.5. The van der Waals surface area contributed by atoms with Crippen LogP contribution in [0.25, 0.3) is 66.5 Å². The van der Waals surface area contributed by atoms with Crippen LogP contribution in [-0.2, 0) is 10.8 Å². The average molecular weight is 653 g/mol. The monoisotopic (exact) mass is 652 g/mol. The van der Waals surface area contributed by atoms with Crippen LogP contribution in [0, 0.1) is 6.57 Å². The van der Waals surface area contributed by atoms with Crippen molar-refractivity contribution in [2.45, 2.75) is 52.4 Å². The van der Waals surface area contributed by atoms with Gasteiger partial charge in [0.1, 0.15) is 11.6 Å². The Kier molecular flexibility index (Phi) is 8.12. The number of phenolic OH excluding ortho intramolecular Hbond substituents is 1. The van der Waals surface area contributed by atoms with Crippen LogP contribution in [-0.4, -0.2) is 19.6 Å². The van der Waals surface area contributed by atoms with Gasteiger partial charge in [0, 0.05) is 28.6 Å². The van der Waals surface area contributed by atoms with Crippen molar-refractivity contribution in [2.24, 2.45) is 0 Å². The molecule has 0 bridgehead atoms. The number of pyridine rings is 1. The van der Waals surface area contributed by atoms with Crippen LogP contribution in [0.15, 0.2) is 128 Å². The van der Waals surface area contributed by atoms with Crippen LogP contribution in [0.2, 0.25) is 0 Å². The SMILES string of the molecule is [C-]#[N+]c1c(C(C)(C)C)cc(-c2nc3c(-c4cc(-c5ccccc5)cc(-c5ccccn5)c4)cccc3n2-c2ccccc2)c(O)c1C(C)(C)C. The first-order valence-electron chi connectivity index (χ1n) is 16.9. The molecule has 2 heterocycles. The maximum atomic E-state index is 12.2. The molecule has 0 aliphatic heterocycles. The Morgan fingerprint density at radius 3 is 1.94 bits per heavy atom. The van der Waals surface area contributed by atoms with Crippen molar-refractivity contribution in [1.82, 2.24) is 14.5 Å². The van der Waals surface area contributed by atoms with E-state index >= 15 is 0 Å². The molecule has 0 aliphatic rings. The van der Waals surface area contributed by atoms with E-state index in [1.807, 2.05) is 75.5 Å². The second-order valence-electron chi connectivity index (χ2n) is 14.8. The molecule has 0 spiro atoms. The quantitative estimate of drug-likeness (QED) is 0.188. The van der Waals surface area contributed by atoms with E-state index in [-0.39, 0.29) is 11.2 Å². The predicted molar refractivity (Wildman–Crippen MR) is 206 cm³/mol. The molecule has 0 unspecified atom stereocenters. The van der Waals surface area contributed by atoms with E-state index in [0.717, 1.165) is 55.8 Å². The zero-order valence-corrected chi connectivity index (χ0v) is 29.4. The van der Waals surface area contributed by atoms with E-state index in [1.165, 1.54) is 0 Å². The number of benzene rings is 5. The minimum atomic E-state index is -0.492. The summed E-state index contributed by atoms with van der Waals surface area (Å²) in [6.45, 7) is 20.7. The largest absolute Gasteiger partial charge is 0.508 e. The molecule has 2 aromatic heterocycles. The maximum Gasteiger partial charge on any atom is 0.198 e. The van der Waals surface area contributed by atoms with E-state index in [4.69, 9.17) is 11.6 Å². The highest BCUT2D eigenvalue weighted by Gasteiger charge is 2.33. The molecular formula is C45H40N4O. The number of aromatic hydroxyl groups is 1. The van der Waals surface area contributed by atoms with Crippen LogP contribution >= 0.6 is 0 Å². The van der Waals surface area contributed by atoms with Crippen molar-refractivity contribution in [3.63, 3.8) is 0 Å². The second kappa shape index (κ2) is 12.5. The normalized spacial score (nSPS) is 11.9. The molecule has 0 atom stereocenters. The first-order valence-corrected chi connectivity index (χ1v) is 16.9. The molecule has 7 rings (SSSR count). The molecular weight excluding hydrogens is 613 g/mol. The lowest BCUT2D eigenvalue weighted by molar-refractivity contribution is 0.448. The van der Waals surface area contributed by atoms with E-state index in [1.54, 1.807) is 0 Å². The summed E-state index contributed by atoms with van der Waals surface area (Å²) in [6.07, 6.45) is 1.82. The van der Waals surface area contributed by atoms with Crippen molar-refractivity contribution >= 4 is 16.7 Å². The lowest BCUT2D eigenvalue weighted by atomic mass is 9.77. The lowest BCUT2D eigenvalue weighted by Gasteiger charge is -2.29. The third-order valence-corrected chi connectivity index (χ3v) is 9.19. The van der Waals surface area contributed by atoms with Gasteiger partial charge in [-0.25, -0.2) is 9.83 Å². The fraction of sp³-hybridized carbons (Fsp3) is 0.178. The number of para-hydroxylation sites is 2. The molecule has 246 valence electrons. The van der Waals surface area contributed by atoms with Crippen LogP contribution in [0.1, 0.15) is 52.7 Å². The molecule has 0 saturated heterocycles. The Bertz CT molecular complexity index is 2330. The van der Waals surface area contributed by atoms with E-state index < -0.39 is 5.41 Å². The minimum absolute atomic E-state index is 0.0917. The fourth-order valence-electron chi connectivity index (χ4n) is 6.84. The van der Waals surface area contributed by atoms with Gasteiger partial charge in [-0.05, 0) is 81.6 Å². The maximum absolute atomic E-state index is 12.2. The summed E-state index contributed by atoms with van der Waals surface area (Å²) in [5, 5.41) is 12.2. The van der Waals surface area contributed by atoms with Crippen LogP contribution in [0.4, 0.5) is 5.69 Å². The van der Waals surface area contributed by atoms with Gasteiger partial charge in [-0.2, -0.15) is 0 Å². The average Bonchev–Trinajstić information content (AvgIpc) is 3.51. The molecule has 5 aromatic carbocycles. The Labute approximate surface area is 294 Å². The third kappa shape index (κ3) is 5.84. The van der Waals surface area contributed by atoms with Gasteiger partial charge in [0.15, 0.2) is 5.69 Å². The Morgan fingerprint density at radius 1 is 0.640 bits per heavy atom. The van der Waals surface area contributed by atoms with Crippen molar-refractivity contribution < 1.29 is 5.11 Å². The van der Waals surface area contributed by atoms with Gasteiger partial charge in [0.25, 0.3) is 0 Å². The highest BCUT2D eigenvalue weighted by Crippen LogP contribution is 2.50. The summed E-state index contributed by atoms with van der Waals surface area (Å²) in [4.78, 5) is 14.1. The molecule has 1 N–H and O–H groups in total. The van der Waals surface area contributed by atoms with Crippen molar-refractivity contribution in [2.75, 3.05) is 0 Å². The number of hydrogen-bond donors (Lipinski definition) is 1. The smallest absolute Gasteiger partial charge is 0.198 e. The van der Waals surface area contributed by atoms with Crippen LogP contribution in [0.3, 0.4) is 0 Å². The van der Waals surface area contributed by atoms with Crippen molar-refractivity contribution in [3.05, 3.63) is 150 Å². The number of hydrogen-bond acceptors (Lipinski definition) is 3. The third-order valence-electron chi connectivity index (χ3n) is 9.19. The molecule has 0 fully saturated rings. The second-order valence-corrected chi connectivity index (χ2v) is 14.8. The van der Waals surface area contributed by atoms with Gasteiger partial charge in [-0.3, -0.25) is 9.55 Å². The van der Waals surface area contributed by atoms with E-state index in [2.05, 4.69) is 108 Å². The minimum Gasteiger partial charge on any atom is -0.508 e. The molecule has 0 aliphatic carbocycles. The summed E-state index contributed by atoms with van der Waals surface area (Å²) >= 11 is 0. The fourth-order valence-corrected chi connectivity index (χ4v) is 6.84. The molecule has 0 saturated carbocycles. The number of phenols is 1. The zero-order valence-electron chi connectivity index (χ0n) is 29.4. The summed E-state index contributed by atoms with van der Waals surface area (Å²) < 4.78 is 2.13. The summed E-state index contributed by atoms with van der Waals surface area (Å²) in [6, 6.07) is 41.4. The number of rotatable bonds is 5. The number of nitrogens with zero attached hydrogens (tertiary/aromatic N) is 4. The number of fused-ring (bicyclic) bond motifs is 1. The highest BCUT2D eigenvalue weighted by atomic mass is 16.3. The number of aromatic nitrogens is 3. The van der Waals surface area contributed by atoms with Crippen molar-refractivity contribution in [3.8, 4) is 56.3 Å². The van der Waals surface area contributed by atoms with Gasteiger partial charge in [0.05, 0.1) is 28.9 Å². The van der Waals surface area contributed by atoms with Gasteiger partial charge in [-0.1, -0.05) is 114 Å². The Morgan fingerprint density at radius 2 is 1.30 bits per heavy atom. The Hall–Kier alpha value is -5.99. The van der Waals surface area contributed by atoms with Gasteiger partial charge in [0.2, 0.25) is 0 Å². The van der Waals surface area contributed by atoms with Gasteiger partial charge in [-0.15, -0.1) is 0 Å². The molecule has 5 nitrogen and oxygen atoms in total. The highest BCUT2D eigenvalue weighted by molar-refractivity contribution is 5.98.